The standard InChI is InChI=1S/C16H28N4O/c1-20-11-14(9-17-7-13-8-18-10-15(13)21)16(19-20)12-5-3-2-4-6-12/h11-13,15,17-18,21H,2-10H2,1H3. The summed E-state index contributed by atoms with van der Waals surface area (Å²) in [6, 6.07) is 0. The highest BCUT2D eigenvalue weighted by atomic mass is 16.3. The zero-order valence-electron chi connectivity index (χ0n) is 13.0. The third-order valence-corrected chi connectivity index (χ3v) is 4.96. The summed E-state index contributed by atoms with van der Waals surface area (Å²) in [7, 11) is 2.01. The number of rotatable bonds is 5. The Labute approximate surface area is 127 Å². The third kappa shape index (κ3) is 3.65. The Morgan fingerprint density at radius 3 is 2.86 bits per heavy atom. The van der Waals surface area contributed by atoms with Crippen molar-refractivity contribution in [1.29, 1.82) is 0 Å². The van der Waals surface area contributed by atoms with E-state index in [1.165, 1.54) is 43.4 Å². The normalized spacial score (nSPS) is 27.3. The van der Waals surface area contributed by atoms with E-state index in [1.54, 1.807) is 0 Å². The van der Waals surface area contributed by atoms with E-state index >= 15 is 0 Å². The number of aliphatic hydroxyl groups excluding tert-OH is 1. The van der Waals surface area contributed by atoms with Crippen molar-refractivity contribution in [2.75, 3.05) is 19.6 Å². The molecule has 1 aromatic heterocycles. The number of hydrogen-bond donors (Lipinski definition) is 3. The lowest BCUT2D eigenvalue weighted by Crippen LogP contribution is -2.30. The van der Waals surface area contributed by atoms with Gasteiger partial charge in [-0.1, -0.05) is 19.3 Å². The predicted octanol–water partition coefficient (Wildman–Crippen LogP) is 1.14. The molecule has 1 aromatic rings. The third-order valence-electron chi connectivity index (χ3n) is 4.96. The molecule has 2 atom stereocenters. The van der Waals surface area contributed by atoms with Crippen LogP contribution in [0.15, 0.2) is 6.20 Å². The molecule has 1 saturated heterocycles. The Balaban J connectivity index is 1.57. The molecule has 5 heteroatoms. The van der Waals surface area contributed by atoms with Crippen molar-refractivity contribution in [2.24, 2.45) is 13.0 Å². The maximum atomic E-state index is 9.83. The van der Waals surface area contributed by atoms with Gasteiger partial charge in [-0.15, -0.1) is 0 Å². The van der Waals surface area contributed by atoms with Crippen LogP contribution >= 0.6 is 0 Å². The SMILES string of the molecule is Cn1cc(CNCC2CNCC2O)c(C2CCCCC2)n1. The molecule has 0 spiro atoms. The van der Waals surface area contributed by atoms with Gasteiger partial charge in [-0.25, -0.2) is 0 Å². The van der Waals surface area contributed by atoms with E-state index in [4.69, 9.17) is 5.10 Å². The van der Waals surface area contributed by atoms with Crippen LogP contribution in [0.3, 0.4) is 0 Å². The zero-order valence-corrected chi connectivity index (χ0v) is 13.0. The highest BCUT2D eigenvalue weighted by molar-refractivity contribution is 5.21. The number of β-amino-alcohol motifs (C(OH)–C–C–N with tert-alkyl or cyclic N) is 1. The van der Waals surface area contributed by atoms with Crippen LogP contribution in [0.5, 0.6) is 0 Å². The molecule has 1 saturated carbocycles. The Morgan fingerprint density at radius 1 is 1.33 bits per heavy atom. The predicted molar refractivity (Wildman–Crippen MR) is 83.1 cm³/mol. The summed E-state index contributed by atoms with van der Waals surface area (Å²) >= 11 is 0. The van der Waals surface area contributed by atoms with Gasteiger partial charge in [0.2, 0.25) is 0 Å². The van der Waals surface area contributed by atoms with E-state index in [0.29, 0.717) is 11.8 Å². The average molecular weight is 292 g/mol. The van der Waals surface area contributed by atoms with Gasteiger partial charge in [0.25, 0.3) is 0 Å². The lowest BCUT2D eigenvalue weighted by molar-refractivity contribution is 0.146. The summed E-state index contributed by atoms with van der Waals surface area (Å²) < 4.78 is 1.95. The van der Waals surface area contributed by atoms with Crippen molar-refractivity contribution in [2.45, 2.75) is 50.7 Å². The number of nitrogens with one attached hydrogen (secondary N) is 2. The first kappa shape index (κ1) is 15.0. The molecular weight excluding hydrogens is 264 g/mol. The highest BCUT2D eigenvalue weighted by Gasteiger charge is 2.25. The van der Waals surface area contributed by atoms with E-state index in [2.05, 4.69) is 16.8 Å². The first-order chi connectivity index (χ1) is 10.2. The van der Waals surface area contributed by atoms with Gasteiger partial charge >= 0.3 is 0 Å². The Morgan fingerprint density at radius 2 is 2.14 bits per heavy atom. The van der Waals surface area contributed by atoms with Crippen molar-refractivity contribution >= 4 is 0 Å². The minimum absolute atomic E-state index is 0.204. The van der Waals surface area contributed by atoms with Crippen LogP contribution < -0.4 is 10.6 Å². The second kappa shape index (κ2) is 6.90. The summed E-state index contributed by atoms with van der Waals surface area (Å²) in [6.07, 6.45) is 8.58. The molecule has 21 heavy (non-hydrogen) atoms. The maximum Gasteiger partial charge on any atom is 0.0716 e. The van der Waals surface area contributed by atoms with Gasteiger partial charge in [0.15, 0.2) is 0 Å². The van der Waals surface area contributed by atoms with Crippen LogP contribution in [-0.2, 0) is 13.6 Å². The fraction of sp³-hybridized carbons (Fsp3) is 0.812. The monoisotopic (exact) mass is 292 g/mol. The Kier molecular flexibility index (Phi) is 4.93. The van der Waals surface area contributed by atoms with Crippen molar-refractivity contribution in [3.05, 3.63) is 17.5 Å². The van der Waals surface area contributed by atoms with E-state index in [9.17, 15) is 5.11 Å². The number of hydrogen-bond acceptors (Lipinski definition) is 4. The minimum atomic E-state index is -0.204. The van der Waals surface area contributed by atoms with Gasteiger partial charge in [0, 0.05) is 56.8 Å². The largest absolute Gasteiger partial charge is 0.391 e. The van der Waals surface area contributed by atoms with Gasteiger partial charge < -0.3 is 15.7 Å². The molecule has 0 aromatic carbocycles. The first-order valence-electron chi connectivity index (χ1n) is 8.36. The van der Waals surface area contributed by atoms with Crippen LogP contribution in [-0.4, -0.2) is 40.6 Å². The second-order valence-electron chi connectivity index (χ2n) is 6.66. The molecule has 2 heterocycles. The molecule has 2 fully saturated rings. The zero-order chi connectivity index (χ0) is 14.7. The summed E-state index contributed by atoms with van der Waals surface area (Å²) in [5.41, 5.74) is 2.64. The van der Waals surface area contributed by atoms with Gasteiger partial charge in [-0.05, 0) is 12.8 Å². The molecule has 2 aliphatic rings. The van der Waals surface area contributed by atoms with E-state index in [0.717, 1.165) is 26.2 Å². The maximum absolute atomic E-state index is 9.83. The van der Waals surface area contributed by atoms with Crippen molar-refractivity contribution < 1.29 is 5.11 Å². The van der Waals surface area contributed by atoms with Gasteiger partial charge in [0.1, 0.15) is 0 Å². The average Bonchev–Trinajstić information content (AvgIpc) is 3.06. The molecule has 3 N–H and O–H groups in total. The van der Waals surface area contributed by atoms with Gasteiger partial charge in [-0.3, -0.25) is 4.68 Å². The van der Waals surface area contributed by atoms with E-state index < -0.39 is 0 Å². The first-order valence-corrected chi connectivity index (χ1v) is 8.36. The number of nitrogens with zero attached hydrogens (tertiary/aromatic N) is 2. The summed E-state index contributed by atoms with van der Waals surface area (Å²) in [5, 5.41) is 21.3. The summed E-state index contributed by atoms with van der Waals surface area (Å²) in [5.74, 6) is 0.982. The second-order valence-corrected chi connectivity index (χ2v) is 6.66. The van der Waals surface area contributed by atoms with Crippen LogP contribution in [0.25, 0.3) is 0 Å². The molecule has 2 unspecified atom stereocenters. The van der Waals surface area contributed by atoms with E-state index in [1.807, 2.05) is 11.7 Å². The molecule has 1 aliphatic heterocycles. The molecule has 1 aliphatic carbocycles. The molecular formula is C16H28N4O. The lowest BCUT2D eigenvalue weighted by atomic mass is 9.85. The fourth-order valence-electron chi connectivity index (χ4n) is 3.73. The molecule has 0 amide bonds. The molecule has 5 nitrogen and oxygen atoms in total. The number of aryl methyl sites for hydroxylation is 1. The molecule has 118 valence electrons. The van der Waals surface area contributed by atoms with Crippen LogP contribution in [0.2, 0.25) is 0 Å². The summed E-state index contributed by atoms with van der Waals surface area (Å²) in [6.45, 7) is 3.37. The van der Waals surface area contributed by atoms with Crippen LogP contribution in [0, 0.1) is 5.92 Å². The van der Waals surface area contributed by atoms with E-state index in [-0.39, 0.29) is 6.10 Å². The molecule has 3 rings (SSSR count). The van der Waals surface area contributed by atoms with Gasteiger partial charge in [0.05, 0.1) is 11.8 Å². The number of aliphatic hydroxyl groups is 1. The fourth-order valence-corrected chi connectivity index (χ4v) is 3.73. The molecule has 0 bridgehead atoms. The smallest absolute Gasteiger partial charge is 0.0716 e. The topological polar surface area (TPSA) is 62.1 Å². The highest BCUT2D eigenvalue weighted by Crippen LogP contribution is 2.33. The quantitative estimate of drug-likeness (QED) is 0.761. The number of aromatic nitrogens is 2. The van der Waals surface area contributed by atoms with Crippen molar-refractivity contribution in [3.8, 4) is 0 Å². The minimum Gasteiger partial charge on any atom is -0.391 e. The van der Waals surface area contributed by atoms with Gasteiger partial charge in [-0.2, -0.15) is 5.10 Å². The van der Waals surface area contributed by atoms with Crippen molar-refractivity contribution in [1.82, 2.24) is 20.4 Å². The van der Waals surface area contributed by atoms with Crippen LogP contribution in [0.4, 0.5) is 0 Å². The molecule has 0 radical (unpaired) electrons. The summed E-state index contributed by atoms with van der Waals surface area (Å²) in [4.78, 5) is 0. The van der Waals surface area contributed by atoms with Crippen molar-refractivity contribution in [3.63, 3.8) is 0 Å². The lowest BCUT2D eigenvalue weighted by Gasteiger charge is -2.21. The van der Waals surface area contributed by atoms with Crippen LogP contribution in [0.1, 0.15) is 49.3 Å². The Hall–Kier alpha value is -0.910. The Bertz CT molecular complexity index is 453.